The van der Waals surface area contributed by atoms with E-state index in [0.29, 0.717) is 11.7 Å². The Balaban J connectivity index is 2.13. The van der Waals surface area contributed by atoms with E-state index >= 15 is 0 Å². The average Bonchev–Trinajstić information content (AvgIpc) is 2.97. The maximum atomic E-state index is 12.6. The summed E-state index contributed by atoms with van der Waals surface area (Å²) in [6.45, 7) is 4.16. The number of nitrogens with one attached hydrogen (secondary N) is 1. The topological polar surface area (TPSA) is 49.4 Å². The van der Waals surface area contributed by atoms with Crippen molar-refractivity contribution in [2.45, 2.75) is 70.6 Å². The summed E-state index contributed by atoms with van der Waals surface area (Å²) in [5.74, 6) is 1.38. The molecule has 0 spiro atoms. The smallest absolute Gasteiger partial charge is 0.241 e. The molecule has 1 aliphatic carbocycles. The Morgan fingerprint density at radius 1 is 1.40 bits per heavy atom. The van der Waals surface area contributed by atoms with Gasteiger partial charge in [-0.15, -0.1) is 0 Å². The highest BCUT2D eigenvalue weighted by atomic mass is 32.2. The normalized spacial score (nSPS) is 30.9. The molecule has 1 amide bonds. The molecule has 1 saturated heterocycles. The molecular weight excluding hydrogens is 272 g/mol. The fourth-order valence-corrected chi connectivity index (χ4v) is 4.56. The van der Waals surface area contributed by atoms with E-state index in [4.69, 9.17) is 0 Å². The lowest BCUT2D eigenvalue weighted by Crippen LogP contribution is -2.48. The molecule has 2 aliphatic rings. The molecule has 0 bridgehead atoms. The Bertz CT molecular complexity index is 369. The summed E-state index contributed by atoms with van der Waals surface area (Å²) in [7, 11) is -0.860. The molecule has 1 saturated carbocycles. The van der Waals surface area contributed by atoms with Crippen LogP contribution in [-0.4, -0.2) is 45.3 Å². The van der Waals surface area contributed by atoms with E-state index in [0.717, 1.165) is 12.8 Å². The minimum Gasteiger partial charge on any atom is -0.322 e. The molecule has 4 unspecified atom stereocenters. The molecule has 0 aromatic carbocycles. The highest BCUT2D eigenvalue weighted by molar-refractivity contribution is 7.84. The van der Waals surface area contributed by atoms with Crippen LogP contribution in [0, 0.1) is 5.92 Å². The molecule has 1 heterocycles. The number of nitrogens with zero attached hydrogens (tertiary/aromatic N) is 1. The first-order valence-corrected chi connectivity index (χ1v) is 9.65. The van der Waals surface area contributed by atoms with Crippen LogP contribution in [0.3, 0.4) is 0 Å². The summed E-state index contributed by atoms with van der Waals surface area (Å²) in [4.78, 5) is 14.7. The molecule has 20 heavy (non-hydrogen) atoms. The summed E-state index contributed by atoms with van der Waals surface area (Å²) in [6.07, 6.45) is 8.78. The van der Waals surface area contributed by atoms with Gasteiger partial charge < -0.3 is 4.90 Å². The predicted molar refractivity (Wildman–Crippen MR) is 82.8 cm³/mol. The van der Waals surface area contributed by atoms with Gasteiger partial charge in [0.2, 0.25) is 5.91 Å². The quantitative estimate of drug-likeness (QED) is 0.815. The second kappa shape index (κ2) is 7.03. The molecule has 1 N–H and O–H groups in total. The van der Waals surface area contributed by atoms with Crippen LogP contribution in [-0.2, 0) is 15.6 Å². The maximum Gasteiger partial charge on any atom is 0.241 e. The van der Waals surface area contributed by atoms with Crippen molar-refractivity contribution in [2.24, 2.45) is 5.92 Å². The molecular formula is C15H28N2O2S. The van der Waals surface area contributed by atoms with Crippen molar-refractivity contribution in [1.82, 2.24) is 10.2 Å². The predicted octanol–water partition coefficient (Wildman–Crippen LogP) is 1.87. The molecule has 116 valence electrons. The van der Waals surface area contributed by atoms with E-state index in [1.54, 1.807) is 6.26 Å². The average molecular weight is 300 g/mol. The first kappa shape index (κ1) is 16.0. The number of hydrogen-bond acceptors (Lipinski definition) is 3. The zero-order valence-corrected chi connectivity index (χ0v) is 13.7. The van der Waals surface area contributed by atoms with Gasteiger partial charge >= 0.3 is 0 Å². The standard InChI is InChI=1S/C15H28N2O2S/c1-4-7-13-15(18)17(11(2)10-20(3)19)14(16-13)12-8-5-6-9-12/h11-14,16H,4-10H2,1-3H3. The van der Waals surface area contributed by atoms with Crippen molar-refractivity contribution in [3.8, 4) is 0 Å². The lowest BCUT2D eigenvalue weighted by Gasteiger charge is -2.33. The number of hydrogen-bond donors (Lipinski definition) is 1. The molecule has 2 rings (SSSR count). The summed E-state index contributed by atoms with van der Waals surface area (Å²) in [6, 6.07) is 0.0339. The van der Waals surface area contributed by atoms with Crippen molar-refractivity contribution < 1.29 is 9.00 Å². The van der Waals surface area contributed by atoms with Gasteiger partial charge in [0.05, 0.1) is 12.2 Å². The van der Waals surface area contributed by atoms with Crippen molar-refractivity contribution in [2.75, 3.05) is 12.0 Å². The van der Waals surface area contributed by atoms with E-state index in [2.05, 4.69) is 12.2 Å². The van der Waals surface area contributed by atoms with E-state index in [9.17, 15) is 9.00 Å². The van der Waals surface area contributed by atoms with Crippen molar-refractivity contribution >= 4 is 16.7 Å². The highest BCUT2D eigenvalue weighted by Gasteiger charge is 2.44. The summed E-state index contributed by atoms with van der Waals surface area (Å²) in [5, 5.41) is 3.57. The van der Waals surface area contributed by atoms with Crippen molar-refractivity contribution in [3.63, 3.8) is 0 Å². The Morgan fingerprint density at radius 2 is 2.05 bits per heavy atom. The van der Waals surface area contributed by atoms with Crippen LogP contribution in [0.1, 0.15) is 52.4 Å². The van der Waals surface area contributed by atoms with Gasteiger partial charge in [-0.05, 0) is 32.1 Å². The first-order chi connectivity index (χ1) is 9.54. The van der Waals surface area contributed by atoms with Crippen LogP contribution in [0.2, 0.25) is 0 Å². The third-order valence-electron chi connectivity index (χ3n) is 4.60. The minimum atomic E-state index is -0.860. The SMILES string of the molecule is CCCC1NC(C2CCCC2)N(C(C)CS(C)=O)C1=O. The van der Waals surface area contributed by atoms with Gasteiger partial charge in [-0.25, -0.2) is 0 Å². The maximum absolute atomic E-state index is 12.6. The lowest BCUT2D eigenvalue weighted by molar-refractivity contribution is -0.132. The molecule has 1 aliphatic heterocycles. The molecule has 0 aromatic rings. The van der Waals surface area contributed by atoms with Gasteiger partial charge in [0.15, 0.2) is 0 Å². The lowest BCUT2D eigenvalue weighted by atomic mass is 10.0. The Labute approximate surface area is 125 Å². The molecule has 0 radical (unpaired) electrons. The largest absolute Gasteiger partial charge is 0.322 e. The van der Waals surface area contributed by atoms with Gasteiger partial charge in [-0.2, -0.15) is 0 Å². The Morgan fingerprint density at radius 3 is 2.60 bits per heavy atom. The number of rotatable bonds is 6. The van der Waals surface area contributed by atoms with Gasteiger partial charge in [-0.1, -0.05) is 26.2 Å². The molecule has 5 heteroatoms. The zero-order chi connectivity index (χ0) is 14.7. The third kappa shape index (κ3) is 3.42. The zero-order valence-electron chi connectivity index (χ0n) is 12.9. The highest BCUT2D eigenvalue weighted by Crippen LogP contribution is 2.33. The van der Waals surface area contributed by atoms with Gasteiger partial charge in [0.1, 0.15) is 0 Å². The van der Waals surface area contributed by atoms with Crippen LogP contribution in [0.15, 0.2) is 0 Å². The number of carbonyl (C=O) groups is 1. The Kier molecular flexibility index (Phi) is 5.61. The molecule has 0 aromatic heterocycles. The van der Waals surface area contributed by atoms with Crippen molar-refractivity contribution in [1.29, 1.82) is 0 Å². The van der Waals surface area contributed by atoms with E-state index in [1.165, 1.54) is 25.7 Å². The fraction of sp³-hybridized carbons (Fsp3) is 0.933. The van der Waals surface area contributed by atoms with Crippen LogP contribution in [0.4, 0.5) is 0 Å². The van der Waals surface area contributed by atoms with Gasteiger partial charge in [-0.3, -0.25) is 14.3 Å². The minimum absolute atomic E-state index is 0.0293. The second-order valence-corrected chi connectivity index (χ2v) is 7.81. The summed E-state index contributed by atoms with van der Waals surface area (Å²) >= 11 is 0. The fourth-order valence-electron chi connectivity index (χ4n) is 3.72. The molecule has 4 nitrogen and oxygen atoms in total. The van der Waals surface area contributed by atoms with E-state index in [-0.39, 0.29) is 24.2 Å². The van der Waals surface area contributed by atoms with Crippen LogP contribution in [0.5, 0.6) is 0 Å². The summed E-state index contributed by atoms with van der Waals surface area (Å²) < 4.78 is 11.5. The van der Waals surface area contributed by atoms with Crippen LogP contribution >= 0.6 is 0 Å². The monoisotopic (exact) mass is 300 g/mol. The second-order valence-electron chi connectivity index (χ2n) is 6.33. The van der Waals surface area contributed by atoms with E-state index < -0.39 is 10.8 Å². The van der Waals surface area contributed by atoms with Gasteiger partial charge in [0, 0.05) is 28.9 Å². The molecule has 2 fully saturated rings. The number of amides is 1. The third-order valence-corrected chi connectivity index (χ3v) is 5.55. The van der Waals surface area contributed by atoms with E-state index in [1.807, 2.05) is 11.8 Å². The molecule has 4 atom stereocenters. The van der Waals surface area contributed by atoms with Crippen molar-refractivity contribution in [3.05, 3.63) is 0 Å². The summed E-state index contributed by atoms with van der Waals surface area (Å²) in [5.41, 5.74) is 0. The number of carbonyl (C=O) groups excluding carboxylic acids is 1. The first-order valence-electron chi connectivity index (χ1n) is 7.92. The van der Waals surface area contributed by atoms with Crippen LogP contribution in [0.25, 0.3) is 0 Å². The van der Waals surface area contributed by atoms with Gasteiger partial charge in [0.25, 0.3) is 0 Å². The van der Waals surface area contributed by atoms with Crippen LogP contribution < -0.4 is 5.32 Å². The Hall–Kier alpha value is -0.420.